The number of nitrogens with one attached hydrogen (secondary N) is 2. The van der Waals surface area contributed by atoms with Crippen molar-refractivity contribution in [1.82, 2.24) is 9.97 Å². The molecule has 1 amide bonds. The molecule has 0 bridgehead atoms. The molecule has 2 heterocycles. The number of aryl methyl sites for hydroxylation is 4. The number of benzene rings is 1. The summed E-state index contributed by atoms with van der Waals surface area (Å²) in [7, 11) is 0. The summed E-state index contributed by atoms with van der Waals surface area (Å²) < 4.78 is 0.978. The summed E-state index contributed by atoms with van der Waals surface area (Å²) in [6, 6.07) is 5.73. The van der Waals surface area contributed by atoms with E-state index in [1.165, 1.54) is 16.9 Å². The molecule has 27 heavy (non-hydrogen) atoms. The highest BCUT2D eigenvalue weighted by Crippen LogP contribution is 2.33. The fourth-order valence-corrected chi connectivity index (χ4v) is 5.30. The highest BCUT2D eigenvalue weighted by atomic mass is 79.9. The van der Waals surface area contributed by atoms with E-state index in [9.17, 15) is 9.59 Å². The molecule has 5 nitrogen and oxygen atoms in total. The zero-order valence-corrected chi connectivity index (χ0v) is 17.4. The molecular weight excluding hydrogens is 426 g/mol. The Labute approximate surface area is 169 Å². The first-order valence-corrected chi connectivity index (χ1v) is 10.7. The molecule has 0 saturated carbocycles. The van der Waals surface area contributed by atoms with Gasteiger partial charge in [-0.2, -0.15) is 0 Å². The summed E-state index contributed by atoms with van der Waals surface area (Å²) in [6.07, 6.45) is 5.01. The zero-order valence-electron chi connectivity index (χ0n) is 15.0. The van der Waals surface area contributed by atoms with Gasteiger partial charge >= 0.3 is 0 Å². The van der Waals surface area contributed by atoms with Gasteiger partial charge in [-0.3, -0.25) is 9.59 Å². The maximum Gasteiger partial charge on any atom is 0.259 e. The lowest BCUT2D eigenvalue weighted by Gasteiger charge is -2.09. The largest absolute Gasteiger partial charge is 0.326 e. The number of hydrogen-bond donors (Lipinski definition) is 2. The average Bonchev–Trinajstić information content (AvgIpc) is 3.01. The van der Waals surface area contributed by atoms with E-state index in [-0.39, 0.29) is 17.9 Å². The van der Waals surface area contributed by atoms with Gasteiger partial charge in [0.25, 0.3) is 5.56 Å². The third kappa shape index (κ3) is 3.84. The van der Waals surface area contributed by atoms with Gasteiger partial charge in [-0.15, -0.1) is 11.3 Å². The van der Waals surface area contributed by atoms with Gasteiger partial charge < -0.3 is 10.3 Å². The van der Waals surface area contributed by atoms with Gasteiger partial charge in [-0.1, -0.05) is 15.9 Å². The maximum atomic E-state index is 12.6. The molecule has 3 aromatic rings. The maximum absolute atomic E-state index is 12.6. The fourth-order valence-electron chi connectivity index (χ4n) is 3.54. The lowest BCUT2D eigenvalue weighted by Crippen LogP contribution is -2.17. The van der Waals surface area contributed by atoms with E-state index >= 15 is 0 Å². The second kappa shape index (κ2) is 7.56. The van der Waals surface area contributed by atoms with Gasteiger partial charge in [0.05, 0.1) is 5.39 Å². The smallest absolute Gasteiger partial charge is 0.259 e. The van der Waals surface area contributed by atoms with Crippen LogP contribution in [0.3, 0.4) is 0 Å². The zero-order chi connectivity index (χ0) is 19.0. The highest BCUT2D eigenvalue weighted by molar-refractivity contribution is 9.10. The SMILES string of the molecule is Cc1cc(Br)ccc1NC(=O)CCc1nc2sc3c(c2c(=O)[nH]1)CCCC3. The summed E-state index contributed by atoms with van der Waals surface area (Å²) in [4.78, 5) is 34.5. The number of nitrogens with zero attached hydrogens (tertiary/aromatic N) is 1. The number of H-pyrrole nitrogens is 1. The predicted octanol–water partition coefficient (Wildman–Crippen LogP) is 4.51. The van der Waals surface area contributed by atoms with Gasteiger partial charge in [0.2, 0.25) is 5.91 Å². The van der Waals surface area contributed by atoms with E-state index in [1.54, 1.807) is 11.3 Å². The molecule has 2 aromatic heterocycles. The van der Waals surface area contributed by atoms with Crippen molar-refractivity contribution in [2.24, 2.45) is 0 Å². The van der Waals surface area contributed by atoms with E-state index in [0.29, 0.717) is 12.2 Å². The molecule has 7 heteroatoms. The van der Waals surface area contributed by atoms with Gasteiger partial charge in [0, 0.05) is 27.9 Å². The quantitative estimate of drug-likeness (QED) is 0.620. The summed E-state index contributed by atoms with van der Waals surface area (Å²) >= 11 is 5.05. The van der Waals surface area contributed by atoms with Crippen LogP contribution < -0.4 is 10.9 Å². The second-order valence-corrected chi connectivity index (χ2v) is 8.91. The first kappa shape index (κ1) is 18.4. The van der Waals surface area contributed by atoms with Crippen molar-refractivity contribution >= 4 is 49.1 Å². The summed E-state index contributed by atoms with van der Waals surface area (Å²) in [5, 5.41) is 3.68. The Morgan fingerprint density at radius 3 is 2.96 bits per heavy atom. The predicted molar refractivity (Wildman–Crippen MR) is 113 cm³/mol. The lowest BCUT2D eigenvalue weighted by atomic mass is 9.97. The summed E-state index contributed by atoms with van der Waals surface area (Å²) in [5.74, 6) is 0.488. The van der Waals surface area contributed by atoms with Crippen molar-refractivity contribution in [1.29, 1.82) is 0 Å². The number of fused-ring (bicyclic) bond motifs is 3. The molecule has 2 N–H and O–H groups in total. The Balaban J connectivity index is 1.48. The summed E-state index contributed by atoms with van der Waals surface area (Å²) in [5.41, 5.74) is 2.91. The first-order chi connectivity index (χ1) is 13.0. The van der Waals surface area contributed by atoms with Crippen molar-refractivity contribution in [2.45, 2.75) is 45.4 Å². The van der Waals surface area contributed by atoms with Crippen LogP contribution in [0, 0.1) is 6.92 Å². The molecule has 4 rings (SSSR count). The van der Waals surface area contributed by atoms with Gasteiger partial charge in [0.15, 0.2) is 0 Å². The third-order valence-electron chi connectivity index (χ3n) is 4.93. The standard InChI is InChI=1S/C20H20BrN3O2S/c1-11-10-12(21)6-7-14(11)22-17(25)9-8-16-23-19(26)18-13-4-2-3-5-15(13)27-20(18)24-16/h6-7,10H,2-5,8-9H2,1H3,(H,22,25)(H,23,24,26). The number of halogens is 1. The molecule has 1 aliphatic rings. The van der Waals surface area contributed by atoms with Crippen LogP contribution in [0.5, 0.6) is 0 Å². The van der Waals surface area contributed by atoms with Crippen LogP contribution >= 0.6 is 27.3 Å². The van der Waals surface area contributed by atoms with Gasteiger partial charge in [-0.05, 0) is 61.9 Å². The van der Waals surface area contributed by atoms with E-state index in [1.807, 2.05) is 25.1 Å². The number of carbonyl (C=O) groups is 1. The molecular formula is C20H20BrN3O2S. The minimum atomic E-state index is -0.0892. The Morgan fingerprint density at radius 1 is 1.33 bits per heavy atom. The normalized spacial score (nSPS) is 13.6. The van der Waals surface area contributed by atoms with Crippen molar-refractivity contribution < 1.29 is 4.79 Å². The average molecular weight is 446 g/mol. The Kier molecular flexibility index (Phi) is 5.14. The second-order valence-electron chi connectivity index (χ2n) is 6.91. The van der Waals surface area contributed by atoms with Crippen LogP contribution in [-0.4, -0.2) is 15.9 Å². The molecule has 0 atom stereocenters. The molecule has 1 aliphatic carbocycles. The first-order valence-electron chi connectivity index (χ1n) is 9.10. The number of hydrogen-bond acceptors (Lipinski definition) is 4. The number of thiophene rings is 1. The van der Waals surface area contributed by atoms with E-state index in [0.717, 1.165) is 45.2 Å². The highest BCUT2D eigenvalue weighted by Gasteiger charge is 2.19. The minimum Gasteiger partial charge on any atom is -0.326 e. The topological polar surface area (TPSA) is 74.8 Å². The molecule has 0 spiro atoms. The monoisotopic (exact) mass is 445 g/mol. The molecule has 0 radical (unpaired) electrons. The van der Waals surface area contributed by atoms with E-state index in [4.69, 9.17) is 0 Å². The molecule has 140 valence electrons. The van der Waals surface area contributed by atoms with Crippen LogP contribution in [0.25, 0.3) is 10.2 Å². The number of amides is 1. The minimum absolute atomic E-state index is 0.0708. The molecule has 1 aromatic carbocycles. The molecule has 0 fully saturated rings. The van der Waals surface area contributed by atoms with Crippen molar-refractivity contribution in [3.8, 4) is 0 Å². The fraction of sp³-hybridized carbons (Fsp3) is 0.350. The lowest BCUT2D eigenvalue weighted by molar-refractivity contribution is -0.116. The number of aromatic nitrogens is 2. The molecule has 0 unspecified atom stereocenters. The molecule has 0 saturated heterocycles. The number of carbonyl (C=O) groups excluding carboxylic acids is 1. The van der Waals surface area contributed by atoms with Gasteiger partial charge in [0.1, 0.15) is 10.7 Å². The van der Waals surface area contributed by atoms with Crippen LogP contribution in [-0.2, 0) is 24.1 Å². The Morgan fingerprint density at radius 2 is 2.15 bits per heavy atom. The third-order valence-corrected chi connectivity index (χ3v) is 6.60. The Bertz CT molecular complexity index is 1090. The van der Waals surface area contributed by atoms with E-state index < -0.39 is 0 Å². The van der Waals surface area contributed by atoms with Crippen molar-refractivity contribution in [2.75, 3.05) is 5.32 Å². The Hall–Kier alpha value is -1.99. The van der Waals surface area contributed by atoms with Gasteiger partial charge in [-0.25, -0.2) is 4.98 Å². The van der Waals surface area contributed by atoms with Crippen LogP contribution in [0.1, 0.15) is 41.1 Å². The van der Waals surface area contributed by atoms with E-state index in [2.05, 4.69) is 31.2 Å². The number of anilines is 1. The number of rotatable bonds is 4. The molecule has 0 aliphatic heterocycles. The van der Waals surface area contributed by atoms with Crippen molar-refractivity contribution in [3.63, 3.8) is 0 Å². The number of aromatic amines is 1. The van der Waals surface area contributed by atoms with Crippen LogP contribution in [0.15, 0.2) is 27.5 Å². The van der Waals surface area contributed by atoms with Crippen LogP contribution in [0.4, 0.5) is 5.69 Å². The summed E-state index contributed by atoms with van der Waals surface area (Å²) in [6.45, 7) is 1.95. The van der Waals surface area contributed by atoms with Crippen molar-refractivity contribution in [3.05, 3.63) is 54.9 Å². The van der Waals surface area contributed by atoms with Crippen LogP contribution in [0.2, 0.25) is 0 Å².